The van der Waals surface area contributed by atoms with Crippen molar-refractivity contribution in [1.82, 2.24) is 0 Å². The summed E-state index contributed by atoms with van der Waals surface area (Å²) in [5, 5.41) is 0. The zero-order chi connectivity index (χ0) is 8.27. The van der Waals surface area contributed by atoms with Crippen molar-refractivity contribution >= 4 is 12.6 Å². The van der Waals surface area contributed by atoms with E-state index < -0.39 is 0 Å². The predicted octanol–water partition coefficient (Wildman–Crippen LogP) is 3.49. The molecule has 0 saturated carbocycles. The average molecular weight is 166 g/mol. The number of hydrogen-bond donors (Lipinski definition) is 1. The minimum absolute atomic E-state index is 0.670. The lowest BCUT2D eigenvalue weighted by molar-refractivity contribution is 0.733. The van der Waals surface area contributed by atoms with Crippen molar-refractivity contribution in [3.8, 4) is 0 Å². The molecule has 0 aliphatic carbocycles. The van der Waals surface area contributed by atoms with Crippen LogP contribution in [0, 0.1) is 0 Å². The van der Waals surface area contributed by atoms with Crippen LogP contribution in [0.5, 0.6) is 0 Å². The molecule has 0 aliphatic heterocycles. The number of hydrogen-bond acceptors (Lipinski definition) is 1. The lowest BCUT2D eigenvalue weighted by Gasteiger charge is -2.07. The second-order valence-electron chi connectivity index (χ2n) is 2.90. The lowest BCUT2D eigenvalue weighted by Crippen LogP contribution is -1.89. The Morgan fingerprint density at radius 1 is 1.27 bits per heavy atom. The van der Waals surface area contributed by atoms with Crippen LogP contribution in [-0.4, -0.2) is 0 Å². The minimum atomic E-state index is 0.670. The van der Waals surface area contributed by atoms with E-state index in [0.29, 0.717) is 5.92 Å². The summed E-state index contributed by atoms with van der Waals surface area (Å²) >= 11 is 4.23. The van der Waals surface area contributed by atoms with Gasteiger partial charge in [0.05, 0.1) is 0 Å². The molecule has 0 spiro atoms. The third kappa shape index (κ3) is 2.26. The van der Waals surface area contributed by atoms with Gasteiger partial charge in [0, 0.05) is 4.90 Å². The van der Waals surface area contributed by atoms with Crippen molar-refractivity contribution in [2.45, 2.75) is 31.1 Å². The Morgan fingerprint density at radius 3 is 2.27 bits per heavy atom. The van der Waals surface area contributed by atoms with Crippen molar-refractivity contribution in [3.63, 3.8) is 0 Å². The summed E-state index contributed by atoms with van der Waals surface area (Å²) in [6.45, 7) is 4.45. The van der Waals surface area contributed by atoms with Gasteiger partial charge in [0.1, 0.15) is 0 Å². The van der Waals surface area contributed by atoms with Crippen LogP contribution in [0.25, 0.3) is 0 Å². The van der Waals surface area contributed by atoms with Crippen LogP contribution in [0.3, 0.4) is 0 Å². The van der Waals surface area contributed by atoms with E-state index >= 15 is 0 Å². The average Bonchev–Trinajstić information content (AvgIpc) is 2.05. The van der Waals surface area contributed by atoms with Crippen molar-refractivity contribution in [3.05, 3.63) is 29.8 Å². The summed E-state index contributed by atoms with van der Waals surface area (Å²) < 4.78 is 0. The lowest BCUT2D eigenvalue weighted by atomic mass is 9.99. The fourth-order valence-electron chi connectivity index (χ4n) is 1.04. The van der Waals surface area contributed by atoms with Gasteiger partial charge in [0.2, 0.25) is 0 Å². The highest BCUT2D eigenvalue weighted by Gasteiger charge is 2.00. The van der Waals surface area contributed by atoms with Gasteiger partial charge >= 0.3 is 0 Å². The van der Waals surface area contributed by atoms with Gasteiger partial charge < -0.3 is 0 Å². The monoisotopic (exact) mass is 166 g/mol. The van der Waals surface area contributed by atoms with Crippen molar-refractivity contribution in [2.24, 2.45) is 0 Å². The molecule has 11 heavy (non-hydrogen) atoms. The fraction of sp³-hybridized carbons (Fsp3) is 0.400. The highest BCUT2D eigenvalue weighted by Crippen LogP contribution is 2.19. The Balaban J connectivity index is 2.81. The van der Waals surface area contributed by atoms with E-state index in [4.69, 9.17) is 0 Å². The Bertz CT molecular complexity index is 213. The van der Waals surface area contributed by atoms with Crippen molar-refractivity contribution in [1.29, 1.82) is 0 Å². The van der Waals surface area contributed by atoms with Crippen LogP contribution >= 0.6 is 12.6 Å². The molecule has 60 valence electrons. The highest BCUT2D eigenvalue weighted by atomic mass is 32.1. The first kappa shape index (κ1) is 8.66. The first-order valence-electron chi connectivity index (χ1n) is 4.03. The van der Waals surface area contributed by atoms with Gasteiger partial charge in [-0.1, -0.05) is 26.0 Å². The summed E-state index contributed by atoms with van der Waals surface area (Å²) in [6.07, 6.45) is 1.20. The SMILES string of the molecule is CCC(C)c1ccc(S)cc1. The minimum Gasteiger partial charge on any atom is -0.143 e. The third-order valence-electron chi connectivity index (χ3n) is 2.07. The van der Waals surface area contributed by atoms with E-state index in [9.17, 15) is 0 Å². The number of rotatable bonds is 2. The quantitative estimate of drug-likeness (QED) is 0.639. The van der Waals surface area contributed by atoms with Crippen LogP contribution in [0.2, 0.25) is 0 Å². The Morgan fingerprint density at radius 2 is 1.82 bits per heavy atom. The van der Waals surface area contributed by atoms with Crippen LogP contribution < -0.4 is 0 Å². The molecule has 1 aromatic carbocycles. The molecule has 0 fully saturated rings. The first-order valence-corrected chi connectivity index (χ1v) is 4.47. The number of thiol groups is 1. The largest absolute Gasteiger partial charge is 0.143 e. The van der Waals surface area contributed by atoms with Crippen molar-refractivity contribution < 1.29 is 0 Å². The molecule has 0 aliphatic rings. The molecule has 0 radical (unpaired) electrons. The van der Waals surface area contributed by atoms with E-state index in [-0.39, 0.29) is 0 Å². The summed E-state index contributed by atoms with van der Waals surface area (Å²) in [4.78, 5) is 1.04. The van der Waals surface area contributed by atoms with E-state index in [2.05, 4.69) is 38.6 Å². The van der Waals surface area contributed by atoms with Crippen LogP contribution in [0.15, 0.2) is 29.2 Å². The van der Waals surface area contributed by atoms with Gasteiger partial charge in [-0.3, -0.25) is 0 Å². The zero-order valence-corrected chi connectivity index (χ0v) is 7.94. The maximum absolute atomic E-state index is 4.23. The molecule has 0 saturated heterocycles. The van der Waals surface area contributed by atoms with Crippen LogP contribution in [0.1, 0.15) is 31.7 Å². The number of benzene rings is 1. The zero-order valence-electron chi connectivity index (χ0n) is 7.04. The standard InChI is InChI=1S/C10H14S/c1-3-8(2)9-4-6-10(11)7-5-9/h4-8,11H,3H2,1-2H3. The Kier molecular flexibility index (Phi) is 3.01. The molecule has 0 heterocycles. The van der Waals surface area contributed by atoms with Gasteiger partial charge in [-0.25, -0.2) is 0 Å². The smallest absolute Gasteiger partial charge is 0.00401 e. The maximum atomic E-state index is 4.23. The molecule has 0 nitrogen and oxygen atoms in total. The van der Waals surface area contributed by atoms with Gasteiger partial charge in [-0.15, -0.1) is 12.6 Å². The molecule has 1 rings (SSSR count). The van der Waals surface area contributed by atoms with Crippen LogP contribution in [-0.2, 0) is 0 Å². The van der Waals surface area contributed by atoms with Gasteiger partial charge in [0.25, 0.3) is 0 Å². The highest BCUT2D eigenvalue weighted by molar-refractivity contribution is 7.80. The van der Waals surface area contributed by atoms with E-state index in [1.54, 1.807) is 0 Å². The molecule has 1 atom stereocenters. The van der Waals surface area contributed by atoms with Crippen molar-refractivity contribution in [2.75, 3.05) is 0 Å². The molecule has 0 N–H and O–H groups in total. The van der Waals surface area contributed by atoms with Gasteiger partial charge in [0.15, 0.2) is 0 Å². The molecule has 0 amide bonds. The molecule has 1 aromatic rings. The second kappa shape index (κ2) is 3.82. The molecule has 0 aromatic heterocycles. The maximum Gasteiger partial charge on any atom is 0.00401 e. The topological polar surface area (TPSA) is 0 Å². The molecule has 1 unspecified atom stereocenters. The summed E-state index contributed by atoms with van der Waals surface area (Å²) in [5.74, 6) is 0.670. The summed E-state index contributed by atoms with van der Waals surface area (Å²) in [7, 11) is 0. The van der Waals surface area contributed by atoms with Crippen LogP contribution in [0.4, 0.5) is 0 Å². The molecule has 0 bridgehead atoms. The van der Waals surface area contributed by atoms with E-state index in [1.165, 1.54) is 12.0 Å². The van der Waals surface area contributed by atoms with E-state index in [0.717, 1.165) is 4.90 Å². The molecular weight excluding hydrogens is 152 g/mol. The second-order valence-corrected chi connectivity index (χ2v) is 3.42. The summed E-state index contributed by atoms with van der Waals surface area (Å²) in [6, 6.07) is 8.39. The Hall–Kier alpha value is -0.430. The fourth-order valence-corrected chi connectivity index (χ4v) is 1.19. The third-order valence-corrected chi connectivity index (χ3v) is 2.37. The van der Waals surface area contributed by atoms with Gasteiger partial charge in [-0.2, -0.15) is 0 Å². The molecular formula is C10H14S. The van der Waals surface area contributed by atoms with Gasteiger partial charge in [-0.05, 0) is 30.0 Å². The normalized spacial score (nSPS) is 13.0. The Labute approximate surface area is 74.0 Å². The first-order chi connectivity index (χ1) is 5.24. The summed E-state index contributed by atoms with van der Waals surface area (Å²) in [5.41, 5.74) is 1.41. The van der Waals surface area contributed by atoms with E-state index in [1.807, 2.05) is 12.1 Å². The predicted molar refractivity (Wildman–Crippen MR) is 52.4 cm³/mol. The molecule has 1 heteroatoms.